The predicted octanol–water partition coefficient (Wildman–Crippen LogP) is 3.52. The second kappa shape index (κ2) is 8.60. The molecule has 0 saturated carbocycles. The molecule has 0 atom stereocenters. The lowest BCUT2D eigenvalue weighted by Gasteiger charge is -2.19. The van der Waals surface area contributed by atoms with E-state index in [1.165, 1.54) is 5.56 Å². The number of nitrogens with one attached hydrogen (secondary N) is 3. The molecule has 3 heterocycles. The molecule has 0 bridgehead atoms. The molecule has 0 spiro atoms. The third-order valence-electron chi connectivity index (χ3n) is 4.66. The molecule has 3 aromatic rings. The van der Waals surface area contributed by atoms with Gasteiger partial charge in [-0.2, -0.15) is 0 Å². The summed E-state index contributed by atoms with van der Waals surface area (Å²) < 4.78 is 0. The molecule has 1 aromatic carbocycles. The molecule has 1 aliphatic rings. The van der Waals surface area contributed by atoms with Crippen LogP contribution in [0.5, 0.6) is 0 Å². The van der Waals surface area contributed by atoms with Crippen molar-refractivity contribution in [2.75, 3.05) is 35.3 Å². The van der Waals surface area contributed by atoms with E-state index in [-0.39, 0.29) is 0 Å². The molecule has 0 radical (unpaired) electrons. The van der Waals surface area contributed by atoms with E-state index in [0.29, 0.717) is 19.2 Å². The lowest BCUT2D eigenvalue weighted by molar-refractivity contribution is 0.894. The fourth-order valence-electron chi connectivity index (χ4n) is 3.04. The summed E-state index contributed by atoms with van der Waals surface area (Å²) in [6, 6.07) is 12.4. The molecule has 148 valence electrons. The number of benzene rings is 1. The third-order valence-corrected chi connectivity index (χ3v) is 4.66. The van der Waals surface area contributed by atoms with Crippen molar-refractivity contribution in [3.05, 3.63) is 72.3 Å². The van der Waals surface area contributed by atoms with Crippen LogP contribution in [-0.4, -0.2) is 34.7 Å². The molecule has 2 aromatic heterocycles. The summed E-state index contributed by atoms with van der Waals surface area (Å²) in [5, 5.41) is 9.79. The number of anilines is 3. The van der Waals surface area contributed by atoms with Crippen molar-refractivity contribution in [3.8, 4) is 11.3 Å². The summed E-state index contributed by atoms with van der Waals surface area (Å²) in [4.78, 5) is 15.8. The van der Waals surface area contributed by atoms with Gasteiger partial charge < -0.3 is 20.9 Å². The Hall–Kier alpha value is -3.61. The SMILES string of the molecule is Cc1ccc(-c2nc(NCCNc3ccc(C)cn3)ncc2N2C=CNC2)cc1. The second-order valence-electron chi connectivity index (χ2n) is 7.02. The van der Waals surface area contributed by atoms with Crippen molar-refractivity contribution in [1.29, 1.82) is 0 Å². The summed E-state index contributed by atoms with van der Waals surface area (Å²) in [7, 11) is 0. The van der Waals surface area contributed by atoms with E-state index >= 15 is 0 Å². The van der Waals surface area contributed by atoms with Crippen molar-refractivity contribution >= 4 is 17.5 Å². The largest absolute Gasteiger partial charge is 0.372 e. The van der Waals surface area contributed by atoms with Gasteiger partial charge in [0.1, 0.15) is 5.82 Å². The molecule has 3 N–H and O–H groups in total. The minimum absolute atomic E-state index is 0.610. The van der Waals surface area contributed by atoms with Crippen molar-refractivity contribution < 1.29 is 0 Å². The smallest absolute Gasteiger partial charge is 0.223 e. The van der Waals surface area contributed by atoms with Gasteiger partial charge in [-0.3, -0.25) is 0 Å². The first kappa shape index (κ1) is 18.7. The van der Waals surface area contributed by atoms with E-state index < -0.39 is 0 Å². The quantitative estimate of drug-likeness (QED) is 0.536. The Kier molecular flexibility index (Phi) is 5.56. The van der Waals surface area contributed by atoms with Crippen LogP contribution in [-0.2, 0) is 0 Å². The van der Waals surface area contributed by atoms with E-state index in [4.69, 9.17) is 4.98 Å². The van der Waals surface area contributed by atoms with Crippen molar-refractivity contribution in [1.82, 2.24) is 20.3 Å². The number of hydrogen-bond donors (Lipinski definition) is 3. The molecular weight excluding hydrogens is 362 g/mol. The number of nitrogens with zero attached hydrogens (tertiary/aromatic N) is 4. The zero-order valence-electron chi connectivity index (χ0n) is 16.7. The Labute approximate surface area is 170 Å². The van der Waals surface area contributed by atoms with Gasteiger partial charge in [0, 0.05) is 37.2 Å². The Morgan fingerprint density at radius 3 is 2.45 bits per heavy atom. The van der Waals surface area contributed by atoms with Crippen LogP contribution < -0.4 is 20.9 Å². The molecule has 29 heavy (non-hydrogen) atoms. The van der Waals surface area contributed by atoms with Crippen LogP contribution in [0, 0.1) is 13.8 Å². The standard InChI is InChI=1S/C22H25N7/c1-16-3-6-18(7-4-16)21-19(29-12-11-23-15-29)14-27-22(28-21)25-10-9-24-20-8-5-17(2)13-26-20/h3-8,11-14,23H,9-10,15H2,1-2H3,(H,24,26)(H,25,27,28). The molecule has 0 amide bonds. The summed E-state index contributed by atoms with van der Waals surface area (Å²) >= 11 is 0. The molecule has 7 nitrogen and oxygen atoms in total. The molecular formula is C22H25N7. The fourth-order valence-corrected chi connectivity index (χ4v) is 3.04. The Bertz CT molecular complexity index is 981. The number of pyridine rings is 1. The highest BCUT2D eigenvalue weighted by molar-refractivity contribution is 5.76. The first-order valence-electron chi connectivity index (χ1n) is 9.70. The van der Waals surface area contributed by atoms with Gasteiger partial charge in [0.05, 0.1) is 24.2 Å². The Morgan fingerprint density at radius 1 is 0.931 bits per heavy atom. The fraction of sp³-hybridized carbons (Fsp3) is 0.227. The van der Waals surface area contributed by atoms with Gasteiger partial charge in [-0.15, -0.1) is 0 Å². The van der Waals surface area contributed by atoms with Crippen molar-refractivity contribution in [3.63, 3.8) is 0 Å². The minimum atomic E-state index is 0.610. The van der Waals surface area contributed by atoms with Gasteiger partial charge in [-0.1, -0.05) is 35.9 Å². The average molecular weight is 387 g/mol. The second-order valence-corrected chi connectivity index (χ2v) is 7.02. The first-order chi connectivity index (χ1) is 14.2. The molecule has 1 aliphatic heterocycles. The monoisotopic (exact) mass is 387 g/mol. The predicted molar refractivity (Wildman–Crippen MR) is 118 cm³/mol. The van der Waals surface area contributed by atoms with Gasteiger partial charge in [0.2, 0.25) is 5.95 Å². The summed E-state index contributed by atoms with van der Waals surface area (Å²) in [5.41, 5.74) is 5.32. The molecule has 0 aliphatic carbocycles. The van der Waals surface area contributed by atoms with E-state index in [0.717, 1.165) is 34.9 Å². The molecule has 0 unspecified atom stereocenters. The highest BCUT2D eigenvalue weighted by Gasteiger charge is 2.16. The van der Waals surface area contributed by atoms with Gasteiger partial charge in [-0.25, -0.2) is 15.0 Å². The molecule has 4 rings (SSSR count). The van der Waals surface area contributed by atoms with Crippen molar-refractivity contribution in [2.24, 2.45) is 0 Å². The average Bonchev–Trinajstić information content (AvgIpc) is 3.28. The third kappa shape index (κ3) is 4.63. The van der Waals surface area contributed by atoms with Crippen LogP contribution in [0.15, 0.2) is 61.2 Å². The zero-order valence-corrected chi connectivity index (χ0v) is 16.7. The van der Waals surface area contributed by atoms with Crippen LogP contribution in [0.3, 0.4) is 0 Å². The zero-order chi connectivity index (χ0) is 20.1. The van der Waals surface area contributed by atoms with E-state index in [1.54, 1.807) is 0 Å². The number of aryl methyl sites for hydroxylation is 2. The normalized spacial score (nSPS) is 12.7. The summed E-state index contributed by atoms with van der Waals surface area (Å²) in [6.45, 7) is 6.23. The van der Waals surface area contributed by atoms with Crippen LogP contribution in [0.4, 0.5) is 17.5 Å². The maximum absolute atomic E-state index is 4.80. The lowest BCUT2D eigenvalue weighted by Crippen LogP contribution is -2.21. The van der Waals surface area contributed by atoms with Crippen LogP contribution >= 0.6 is 0 Å². The topological polar surface area (TPSA) is 78.0 Å². The van der Waals surface area contributed by atoms with Crippen LogP contribution in [0.1, 0.15) is 11.1 Å². The highest BCUT2D eigenvalue weighted by atomic mass is 15.3. The number of hydrogen-bond acceptors (Lipinski definition) is 7. The molecule has 7 heteroatoms. The maximum atomic E-state index is 4.80. The van der Waals surface area contributed by atoms with Gasteiger partial charge in [-0.05, 0) is 25.5 Å². The maximum Gasteiger partial charge on any atom is 0.223 e. The van der Waals surface area contributed by atoms with Crippen LogP contribution in [0.25, 0.3) is 11.3 Å². The Balaban J connectivity index is 1.47. The van der Waals surface area contributed by atoms with E-state index in [9.17, 15) is 0 Å². The van der Waals surface area contributed by atoms with Gasteiger partial charge in [0.15, 0.2) is 0 Å². The van der Waals surface area contributed by atoms with Gasteiger partial charge >= 0.3 is 0 Å². The van der Waals surface area contributed by atoms with Crippen molar-refractivity contribution in [2.45, 2.75) is 13.8 Å². The first-order valence-corrected chi connectivity index (χ1v) is 9.70. The van der Waals surface area contributed by atoms with E-state index in [2.05, 4.69) is 62.0 Å². The van der Waals surface area contributed by atoms with Gasteiger partial charge in [0.25, 0.3) is 0 Å². The summed E-state index contributed by atoms with van der Waals surface area (Å²) in [6.07, 6.45) is 7.65. The highest BCUT2D eigenvalue weighted by Crippen LogP contribution is 2.30. The number of rotatable bonds is 7. The molecule has 0 saturated heterocycles. The van der Waals surface area contributed by atoms with E-state index in [1.807, 2.05) is 43.9 Å². The molecule has 0 fully saturated rings. The minimum Gasteiger partial charge on any atom is -0.372 e. The Morgan fingerprint density at radius 2 is 1.72 bits per heavy atom. The number of aromatic nitrogens is 3. The lowest BCUT2D eigenvalue weighted by atomic mass is 10.1. The van der Waals surface area contributed by atoms with Crippen LogP contribution in [0.2, 0.25) is 0 Å². The summed E-state index contributed by atoms with van der Waals surface area (Å²) in [5.74, 6) is 1.47.